The first-order chi connectivity index (χ1) is 12.0. The smallest absolute Gasteiger partial charge is 0.229 e. The Morgan fingerprint density at radius 3 is 2.64 bits per heavy atom. The Balaban J connectivity index is 1.55. The molecule has 1 aliphatic heterocycles. The summed E-state index contributed by atoms with van der Waals surface area (Å²) in [6, 6.07) is 15.3. The maximum Gasteiger partial charge on any atom is 0.229 e. The average molecular weight is 357 g/mol. The van der Waals surface area contributed by atoms with Gasteiger partial charge in [0.1, 0.15) is 0 Å². The highest BCUT2D eigenvalue weighted by Gasteiger charge is 2.34. The summed E-state index contributed by atoms with van der Waals surface area (Å²) in [6.45, 7) is 3.05. The van der Waals surface area contributed by atoms with E-state index in [0.29, 0.717) is 18.1 Å². The average Bonchev–Trinajstić information content (AvgIpc) is 2.97. The zero-order valence-electron chi connectivity index (χ0n) is 14.2. The van der Waals surface area contributed by atoms with Crippen molar-refractivity contribution in [3.8, 4) is 0 Å². The highest BCUT2D eigenvalue weighted by Crippen LogP contribution is 2.22. The van der Waals surface area contributed by atoms with Gasteiger partial charge in [-0.25, -0.2) is 0 Å². The maximum absolute atomic E-state index is 12.5. The van der Waals surface area contributed by atoms with Crippen LogP contribution >= 0.6 is 11.6 Å². The van der Waals surface area contributed by atoms with E-state index in [1.54, 1.807) is 4.90 Å². The van der Waals surface area contributed by atoms with Crippen molar-refractivity contribution in [1.29, 1.82) is 0 Å². The Labute approximate surface area is 152 Å². The fourth-order valence-corrected chi connectivity index (χ4v) is 3.15. The first kappa shape index (κ1) is 17.5. The number of aryl methyl sites for hydroxylation is 1. The van der Waals surface area contributed by atoms with Gasteiger partial charge in [-0.1, -0.05) is 41.9 Å². The number of nitrogens with one attached hydrogen (secondary N) is 1. The van der Waals surface area contributed by atoms with Gasteiger partial charge in [0.25, 0.3) is 0 Å². The summed E-state index contributed by atoms with van der Waals surface area (Å²) in [7, 11) is 0. The van der Waals surface area contributed by atoms with E-state index in [-0.39, 0.29) is 24.2 Å². The second-order valence-corrected chi connectivity index (χ2v) is 6.86. The van der Waals surface area contributed by atoms with Gasteiger partial charge in [-0.05, 0) is 42.7 Å². The minimum absolute atomic E-state index is 0.0406. The molecule has 0 spiro atoms. The molecule has 1 aliphatic rings. The van der Waals surface area contributed by atoms with Crippen molar-refractivity contribution in [2.45, 2.75) is 19.8 Å². The number of carbonyl (C=O) groups excluding carboxylic acids is 2. The van der Waals surface area contributed by atoms with Crippen LogP contribution in [0.4, 0.5) is 5.69 Å². The normalized spacial score (nSPS) is 17.0. The molecule has 3 rings (SSSR count). The van der Waals surface area contributed by atoms with Crippen molar-refractivity contribution < 1.29 is 9.59 Å². The van der Waals surface area contributed by atoms with E-state index in [9.17, 15) is 9.59 Å². The molecule has 2 aromatic rings. The second-order valence-electron chi connectivity index (χ2n) is 6.42. The van der Waals surface area contributed by atoms with Gasteiger partial charge in [-0.15, -0.1) is 0 Å². The predicted octanol–water partition coefficient (Wildman–Crippen LogP) is 3.68. The number of amides is 2. The quantitative estimate of drug-likeness (QED) is 0.888. The lowest BCUT2D eigenvalue weighted by Gasteiger charge is -2.17. The molecular weight excluding hydrogens is 336 g/mol. The molecule has 4 nitrogen and oxygen atoms in total. The number of para-hydroxylation sites is 1. The largest absolute Gasteiger partial charge is 0.342 e. The van der Waals surface area contributed by atoms with Crippen molar-refractivity contribution in [3.63, 3.8) is 0 Å². The Morgan fingerprint density at radius 1 is 1.20 bits per heavy atom. The molecule has 5 heteroatoms. The van der Waals surface area contributed by atoms with Crippen LogP contribution in [0, 0.1) is 12.8 Å². The molecule has 1 atom stereocenters. The number of hydrogen-bond acceptors (Lipinski definition) is 2. The van der Waals surface area contributed by atoms with Crippen LogP contribution in [-0.4, -0.2) is 29.8 Å². The Bertz CT molecular complexity index is 774. The summed E-state index contributed by atoms with van der Waals surface area (Å²) in [5.74, 6) is -0.340. The summed E-state index contributed by atoms with van der Waals surface area (Å²) >= 11 is 5.88. The summed E-state index contributed by atoms with van der Waals surface area (Å²) in [4.78, 5) is 26.4. The van der Waals surface area contributed by atoms with Gasteiger partial charge in [0.15, 0.2) is 0 Å². The molecule has 1 saturated heterocycles. The predicted molar refractivity (Wildman–Crippen MR) is 99.7 cm³/mol. The minimum atomic E-state index is -0.294. The van der Waals surface area contributed by atoms with Gasteiger partial charge in [0.2, 0.25) is 11.8 Å². The van der Waals surface area contributed by atoms with E-state index < -0.39 is 0 Å². The SMILES string of the molecule is Cc1ccccc1NC(=O)C1CC(=O)N(CCc2ccc(Cl)cc2)C1. The third-order valence-electron chi connectivity index (χ3n) is 4.57. The van der Waals surface area contributed by atoms with Crippen LogP contribution in [0.15, 0.2) is 48.5 Å². The van der Waals surface area contributed by atoms with Crippen molar-refractivity contribution in [2.75, 3.05) is 18.4 Å². The summed E-state index contributed by atoms with van der Waals surface area (Å²) in [6.07, 6.45) is 1.04. The van der Waals surface area contributed by atoms with E-state index in [0.717, 1.165) is 23.2 Å². The third kappa shape index (κ3) is 4.40. The van der Waals surface area contributed by atoms with Gasteiger partial charge < -0.3 is 10.2 Å². The fourth-order valence-electron chi connectivity index (χ4n) is 3.03. The lowest BCUT2D eigenvalue weighted by molar-refractivity contribution is -0.128. The van der Waals surface area contributed by atoms with Crippen LogP contribution in [0.2, 0.25) is 5.02 Å². The molecule has 25 heavy (non-hydrogen) atoms. The van der Waals surface area contributed by atoms with Gasteiger partial charge >= 0.3 is 0 Å². The van der Waals surface area contributed by atoms with Crippen molar-refractivity contribution in [1.82, 2.24) is 4.90 Å². The van der Waals surface area contributed by atoms with Crippen molar-refractivity contribution in [2.24, 2.45) is 5.92 Å². The van der Waals surface area contributed by atoms with Crippen molar-refractivity contribution >= 4 is 29.1 Å². The number of benzene rings is 2. The summed E-state index contributed by atoms with van der Waals surface area (Å²) in [5.41, 5.74) is 2.95. The zero-order valence-corrected chi connectivity index (χ0v) is 14.9. The van der Waals surface area contributed by atoms with E-state index >= 15 is 0 Å². The molecule has 1 fully saturated rings. The monoisotopic (exact) mass is 356 g/mol. The molecule has 2 amide bonds. The Hall–Kier alpha value is -2.33. The van der Waals surface area contributed by atoms with Crippen molar-refractivity contribution in [3.05, 3.63) is 64.7 Å². The Kier molecular flexibility index (Phi) is 5.39. The molecule has 2 aromatic carbocycles. The number of hydrogen-bond donors (Lipinski definition) is 1. The number of carbonyl (C=O) groups is 2. The summed E-state index contributed by atoms with van der Waals surface area (Å²) < 4.78 is 0. The molecule has 1 N–H and O–H groups in total. The minimum Gasteiger partial charge on any atom is -0.342 e. The van der Waals surface area contributed by atoms with E-state index in [1.807, 2.05) is 55.5 Å². The fraction of sp³-hybridized carbons (Fsp3) is 0.300. The molecule has 130 valence electrons. The van der Waals surface area contributed by atoms with E-state index in [2.05, 4.69) is 5.32 Å². The molecule has 1 heterocycles. The van der Waals surface area contributed by atoms with Crippen LogP contribution in [0.25, 0.3) is 0 Å². The maximum atomic E-state index is 12.5. The molecule has 0 bridgehead atoms. The number of halogens is 1. The van der Waals surface area contributed by atoms with Gasteiger partial charge in [-0.3, -0.25) is 9.59 Å². The Morgan fingerprint density at radius 2 is 1.92 bits per heavy atom. The first-order valence-corrected chi connectivity index (χ1v) is 8.79. The zero-order chi connectivity index (χ0) is 17.8. The summed E-state index contributed by atoms with van der Waals surface area (Å²) in [5, 5.41) is 3.64. The van der Waals surface area contributed by atoms with Crippen LogP contribution in [0.1, 0.15) is 17.5 Å². The molecule has 1 unspecified atom stereocenters. The molecule has 0 aliphatic carbocycles. The highest BCUT2D eigenvalue weighted by atomic mass is 35.5. The standard InChI is InChI=1S/C20H21ClN2O2/c1-14-4-2-3-5-18(14)22-20(25)16-12-19(24)23(13-16)11-10-15-6-8-17(21)9-7-15/h2-9,16H,10-13H2,1H3,(H,22,25). The lowest BCUT2D eigenvalue weighted by atomic mass is 10.1. The lowest BCUT2D eigenvalue weighted by Crippen LogP contribution is -2.30. The number of anilines is 1. The van der Waals surface area contributed by atoms with Crippen LogP contribution in [0.3, 0.4) is 0 Å². The van der Waals surface area contributed by atoms with Crippen LogP contribution in [0.5, 0.6) is 0 Å². The number of rotatable bonds is 5. The highest BCUT2D eigenvalue weighted by molar-refractivity contribution is 6.30. The second kappa shape index (κ2) is 7.70. The van der Waals surface area contributed by atoms with Gasteiger partial charge in [-0.2, -0.15) is 0 Å². The molecular formula is C20H21ClN2O2. The topological polar surface area (TPSA) is 49.4 Å². The van der Waals surface area contributed by atoms with E-state index in [4.69, 9.17) is 11.6 Å². The molecule has 0 radical (unpaired) electrons. The first-order valence-electron chi connectivity index (χ1n) is 8.41. The van der Waals surface area contributed by atoms with Gasteiger partial charge in [0.05, 0.1) is 5.92 Å². The number of nitrogens with zero attached hydrogens (tertiary/aromatic N) is 1. The van der Waals surface area contributed by atoms with Crippen LogP contribution < -0.4 is 5.32 Å². The number of likely N-dealkylation sites (tertiary alicyclic amines) is 1. The molecule has 0 aromatic heterocycles. The van der Waals surface area contributed by atoms with Crippen LogP contribution in [-0.2, 0) is 16.0 Å². The molecule has 0 saturated carbocycles. The third-order valence-corrected chi connectivity index (χ3v) is 4.82. The van der Waals surface area contributed by atoms with Gasteiger partial charge in [0, 0.05) is 30.2 Å². The van der Waals surface area contributed by atoms with E-state index in [1.165, 1.54) is 0 Å².